The molecule has 0 fully saturated rings. The van der Waals surface area contributed by atoms with Crippen molar-refractivity contribution in [2.45, 2.75) is 10.6 Å². The molecule has 19 heavy (non-hydrogen) atoms. The fourth-order valence-corrected chi connectivity index (χ4v) is 2.96. The van der Waals surface area contributed by atoms with Crippen LogP contribution in [-0.4, -0.2) is 15.2 Å². The van der Waals surface area contributed by atoms with Gasteiger partial charge in [-0.25, -0.2) is 0 Å². The van der Waals surface area contributed by atoms with Gasteiger partial charge in [0.2, 0.25) is 0 Å². The first-order valence-corrected chi connectivity index (χ1v) is 7.51. The van der Waals surface area contributed by atoms with Crippen LogP contribution in [0.2, 0.25) is 0 Å². The first-order valence-electron chi connectivity index (χ1n) is 5.58. The van der Waals surface area contributed by atoms with Crippen molar-refractivity contribution in [1.82, 2.24) is 10.1 Å². The van der Waals surface area contributed by atoms with Gasteiger partial charge in [0.05, 0.1) is 11.3 Å². The van der Waals surface area contributed by atoms with Crippen LogP contribution in [0.15, 0.2) is 50.5 Å². The summed E-state index contributed by atoms with van der Waals surface area (Å²) in [6.45, 7) is 0. The predicted molar refractivity (Wildman–Crippen MR) is 75.3 cm³/mol. The number of aromatic hydroxyl groups is 1. The van der Waals surface area contributed by atoms with Crippen molar-refractivity contribution >= 4 is 23.1 Å². The van der Waals surface area contributed by atoms with Gasteiger partial charge >= 0.3 is 0 Å². The maximum atomic E-state index is 9.38. The van der Waals surface area contributed by atoms with E-state index in [9.17, 15) is 5.11 Å². The van der Waals surface area contributed by atoms with Gasteiger partial charge in [-0.3, -0.25) is 0 Å². The van der Waals surface area contributed by atoms with E-state index in [1.807, 2.05) is 29.0 Å². The standard InChI is InChI=1S/C13H10N2O2S2/c16-10-2-1-3-11(6-10)19-8-12-14-13(17-15-12)9-4-5-18-7-9/h1-7,16H,8H2. The zero-order valence-electron chi connectivity index (χ0n) is 9.81. The number of nitrogens with zero attached hydrogens (tertiary/aromatic N) is 2. The van der Waals surface area contributed by atoms with Crippen molar-refractivity contribution in [3.8, 4) is 17.2 Å². The van der Waals surface area contributed by atoms with Crippen LogP contribution in [-0.2, 0) is 5.75 Å². The van der Waals surface area contributed by atoms with Gasteiger partial charge < -0.3 is 9.63 Å². The molecule has 1 aromatic carbocycles. The van der Waals surface area contributed by atoms with Crippen molar-refractivity contribution in [2.75, 3.05) is 0 Å². The molecule has 6 heteroatoms. The number of aromatic nitrogens is 2. The van der Waals surface area contributed by atoms with E-state index < -0.39 is 0 Å². The lowest BCUT2D eigenvalue weighted by molar-refractivity contribution is 0.425. The summed E-state index contributed by atoms with van der Waals surface area (Å²) in [5, 5.41) is 17.3. The van der Waals surface area contributed by atoms with Crippen molar-refractivity contribution in [3.63, 3.8) is 0 Å². The molecule has 0 radical (unpaired) electrons. The molecule has 0 saturated carbocycles. The Morgan fingerprint density at radius 2 is 2.26 bits per heavy atom. The highest BCUT2D eigenvalue weighted by atomic mass is 32.2. The van der Waals surface area contributed by atoms with E-state index in [1.54, 1.807) is 35.2 Å². The highest BCUT2D eigenvalue weighted by Gasteiger charge is 2.09. The van der Waals surface area contributed by atoms with Crippen LogP contribution in [0.25, 0.3) is 11.5 Å². The van der Waals surface area contributed by atoms with Crippen molar-refractivity contribution < 1.29 is 9.63 Å². The fraction of sp³-hybridized carbons (Fsp3) is 0.0769. The normalized spacial score (nSPS) is 10.7. The molecule has 2 aromatic heterocycles. The molecule has 2 heterocycles. The highest BCUT2D eigenvalue weighted by Crippen LogP contribution is 2.26. The average Bonchev–Trinajstić information content (AvgIpc) is 3.07. The summed E-state index contributed by atoms with van der Waals surface area (Å²) in [5.41, 5.74) is 0.950. The number of thioether (sulfide) groups is 1. The van der Waals surface area contributed by atoms with E-state index in [0.717, 1.165) is 10.5 Å². The van der Waals surface area contributed by atoms with E-state index >= 15 is 0 Å². The Labute approximate surface area is 118 Å². The van der Waals surface area contributed by atoms with Gasteiger partial charge in [-0.1, -0.05) is 11.2 Å². The highest BCUT2D eigenvalue weighted by molar-refractivity contribution is 7.98. The molecule has 4 nitrogen and oxygen atoms in total. The minimum atomic E-state index is 0.261. The molecule has 0 amide bonds. The summed E-state index contributed by atoms with van der Waals surface area (Å²) >= 11 is 3.15. The lowest BCUT2D eigenvalue weighted by Crippen LogP contribution is -1.83. The lowest BCUT2D eigenvalue weighted by Gasteiger charge is -1.98. The van der Waals surface area contributed by atoms with Crippen LogP contribution in [0.3, 0.4) is 0 Å². The number of rotatable bonds is 4. The number of phenolic OH excluding ortho intramolecular Hbond substituents is 1. The zero-order chi connectivity index (χ0) is 13.1. The third-order valence-electron chi connectivity index (χ3n) is 2.42. The van der Waals surface area contributed by atoms with Gasteiger partial charge in [0.15, 0.2) is 5.82 Å². The van der Waals surface area contributed by atoms with Gasteiger partial charge in [-0.2, -0.15) is 16.3 Å². The molecule has 0 saturated heterocycles. The molecule has 1 N–H and O–H groups in total. The molecule has 0 aliphatic heterocycles. The van der Waals surface area contributed by atoms with E-state index in [4.69, 9.17) is 4.52 Å². The molecule has 0 aliphatic rings. The summed E-state index contributed by atoms with van der Waals surface area (Å²) < 4.78 is 5.20. The second kappa shape index (κ2) is 5.46. The first kappa shape index (κ1) is 12.3. The summed E-state index contributed by atoms with van der Waals surface area (Å²) in [7, 11) is 0. The number of thiophene rings is 1. The number of benzene rings is 1. The largest absolute Gasteiger partial charge is 0.508 e. The lowest BCUT2D eigenvalue weighted by atomic mass is 10.3. The van der Waals surface area contributed by atoms with Gasteiger partial charge in [0.1, 0.15) is 5.75 Å². The first-order chi connectivity index (χ1) is 9.31. The zero-order valence-corrected chi connectivity index (χ0v) is 11.4. The molecule has 0 spiro atoms. The Balaban J connectivity index is 1.68. The summed E-state index contributed by atoms with van der Waals surface area (Å²) in [4.78, 5) is 5.31. The number of hydrogen-bond acceptors (Lipinski definition) is 6. The molecule has 0 aliphatic carbocycles. The van der Waals surface area contributed by atoms with Crippen molar-refractivity contribution in [3.05, 3.63) is 46.9 Å². The molecule has 0 bridgehead atoms. The van der Waals surface area contributed by atoms with Gasteiger partial charge in [-0.05, 0) is 29.6 Å². The van der Waals surface area contributed by atoms with Crippen LogP contribution in [0, 0.1) is 0 Å². The van der Waals surface area contributed by atoms with Gasteiger partial charge in [0.25, 0.3) is 5.89 Å². The van der Waals surface area contributed by atoms with Gasteiger partial charge in [0, 0.05) is 10.3 Å². The van der Waals surface area contributed by atoms with E-state index in [0.29, 0.717) is 17.5 Å². The second-order valence-corrected chi connectivity index (χ2v) is 5.64. The second-order valence-electron chi connectivity index (χ2n) is 3.81. The number of hydrogen-bond donors (Lipinski definition) is 1. The van der Waals surface area contributed by atoms with E-state index in [1.165, 1.54) is 0 Å². The Kier molecular flexibility index (Phi) is 3.52. The number of phenols is 1. The van der Waals surface area contributed by atoms with Crippen molar-refractivity contribution in [1.29, 1.82) is 0 Å². The summed E-state index contributed by atoms with van der Waals surface area (Å²) in [5.74, 6) is 2.07. The molecule has 0 unspecified atom stereocenters. The SMILES string of the molecule is Oc1cccc(SCc2noc(-c3ccsc3)n2)c1. The third kappa shape index (κ3) is 2.97. The Morgan fingerprint density at radius 1 is 1.32 bits per heavy atom. The molecule has 3 aromatic rings. The molecule has 96 valence electrons. The van der Waals surface area contributed by atoms with Gasteiger partial charge in [-0.15, -0.1) is 11.8 Å². The van der Waals surface area contributed by atoms with E-state index in [-0.39, 0.29) is 5.75 Å². The minimum absolute atomic E-state index is 0.261. The van der Waals surface area contributed by atoms with Crippen LogP contribution < -0.4 is 0 Å². The van der Waals surface area contributed by atoms with Crippen LogP contribution in [0.5, 0.6) is 5.75 Å². The fourth-order valence-electron chi connectivity index (χ4n) is 1.54. The van der Waals surface area contributed by atoms with Crippen LogP contribution in [0.1, 0.15) is 5.82 Å². The average molecular weight is 290 g/mol. The summed E-state index contributed by atoms with van der Waals surface area (Å²) in [6.07, 6.45) is 0. The minimum Gasteiger partial charge on any atom is -0.508 e. The van der Waals surface area contributed by atoms with Crippen molar-refractivity contribution in [2.24, 2.45) is 0 Å². The molecular formula is C13H10N2O2S2. The Bertz CT molecular complexity index is 665. The third-order valence-corrected chi connectivity index (χ3v) is 4.09. The van der Waals surface area contributed by atoms with E-state index in [2.05, 4.69) is 10.1 Å². The quantitative estimate of drug-likeness (QED) is 0.741. The smallest absolute Gasteiger partial charge is 0.258 e. The molecular weight excluding hydrogens is 280 g/mol. The topological polar surface area (TPSA) is 59.2 Å². The van der Waals surface area contributed by atoms with Crippen LogP contribution in [0.4, 0.5) is 0 Å². The molecule has 0 atom stereocenters. The Morgan fingerprint density at radius 3 is 3.05 bits per heavy atom. The Hall–Kier alpha value is -1.79. The maximum Gasteiger partial charge on any atom is 0.258 e. The monoisotopic (exact) mass is 290 g/mol. The maximum absolute atomic E-state index is 9.38. The predicted octanol–water partition coefficient (Wildman–Crippen LogP) is 3.80. The molecule has 3 rings (SSSR count). The van der Waals surface area contributed by atoms with Crippen LogP contribution >= 0.6 is 23.1 Å². The summed E-state index contributed by atoms with van der Waals surface area (Å²) in [6, 6.07) is 9.05.